The summed E-state index contributed by atoms with van der Waals surface area (Å²) in [4.78, 5) is 11.9. The van der Waals surface area contributed by atoms with Gasteiger partial charge in [-0.15, -0.1) is 0 Å². The van der Waals surface area contributed by atoms with Crippen LogP contribution in [-0.2, 0) is 14.8 Å². The molecule has 1 atom stereocenters. The second-order valence-corrected chi connectivity index (χ2v) is 8.44. The summed E-state index contributed by atoms with van der Waals surface area (Å²) in [5.41, 5.74) is 0. The molecule has 0 aliphatic rings. The van der Waals surface area contributed by atoms with Crippen LogP contribution in [0.4, 0.5) is 0 Å². The maximum atomic E-state index is 12.4. The zero-order valence-electron chi connectivity index (χ0n) is 12.0. The van der Waals surface area contributed by atoms with E-state index in [0.717, 1.165) is 4.47 Å². The molecule has 8 heteroatoms. The Balaban J connectivity index is 3.08. The fourth-order valence-corrected chi connectivity index (χ4v) is 4.75. The molecule has 0 radical (unpaired) electrons. The van der Waals surface area contributed by atoms with Crippen LogP contribution >= 0.6 is 31.9 Å². The summed E-state index contributed by atoms with van der Waals surface area (Å²) in [6, 6.07) is 3.96. The minimum Gasteiger partial charge on any atom is -0.358 e. The molecule has 0 saturated carbocycles. The highest BCUT2D eigenvalue weighted by Crippen LogP contribution is 2.26. The molecule has 1 rings (SSSR count). The van der Waals surface area contributed by atoms with Crippen LogP contribution in [0.1, 0.15) is 20.3 Å². The third kappa shape index (κ3) is 5.36. The van der Waals surface area contributed by atoms with E-state index >= 15 is 0 Å². The smallest absolute Gasteiger partial charge is 0.242 e. The lowest BCUT2D eigenvalue weighted by molar-refractivity contribution is -0.122. The third-order valence-corrected chi connectivity index (χ3v) is 5.69. The lowest BCUT2D eigenvalue weighted by atomic mass is 10.0. The Labute approximate surface area is 142 Å². The van der Waals surface area contributed by atoms with Gasteiger partial charge in [-0.2, -0.15) is 4.72 Å². The summed E-state index contributed by atoms with van der Waals surface area (Å²) in [6.07, 6.45) is 0.424. The van der Waals surface area contributed by atoms with Crippen LogP contribution in [0.15, 0.2) is 32.0 Å². The number of carbonyl (C=O) groups is 1. The molecule has 0 aliphatic heterocycles. The van der Waals surface area contributed by atoms with E-state index < -0.39 is 16.1 Å². The third-order valence-electron chi connectivity index (χ3n) is 2.75. The van der Waals surface area contributed by atoms with E-state index in [0.29, 0.717) is 10.9 Å². The number of likely N-dealkylation sites (N-methyl/N-ethyl adjacent to an activating group) is 1. The van der Waals surface area contributed by atoms with Crippen LogP contribution in [0.5, 0.6) is 0 Å². The first-order chi connectivity index (χ1) is 9.67. The number of nitrogens with one attached hydrogen (secondary N) is 2. The van der Waals surface area contributed by atoms with Crippen LogP contribution in [0.2, 0.25) is 0 Å². The SMILES string of the molecule is CNC(=O)C(CC(C)C)NS(=O)(=O)c1ccc(Br)cc1Br. The van der Waals surface area contributed by atoms with Crippen LogP contribution in [-0.4, -0.2) is 27.4 Å². The molecule has 1 amide bonds. The van der Waals surface area contributed by atoms with Crippen molar-refractivity contribution in [3.8, 4) is 0 Å². The van der Waals surface area contributed by atoms with Crippen molar-refractivity contribution >= 4 is 47.8 Å². The second-order valence-electron chi connectivity index (χ2n) is 4.99. The molecule has 0 saturated heterocycles. The van der Waals surface area contributed by atoms with Gasteiger partial charge in [-0.05, 0) is 46.5 Å². The van der Waals surface area contributed by atoms with E-state index in [1.807, 2.05) is 13.8 Å². The van der Waals surface area contributed by atoms with Gasteiger partial charge in [-0.25, -0.2) is 8.42 Å². The summed E-state index contributed by atoms with van der Waals surface area (Å²) in [6.45, 7) is 3.86. The Hall–Kier alpha value is -0.440. The Kier molecular flexibility index (Phi) is 6.83. The van der Waals surface area contributed by atoms with Crippen molar-refractivity contribution in [2.24, 2.45) is 5.92 Å². The number of hydrogen-bond acceptors (Lipinski definition) is 3. The van der Waals surface area contributed by atoms with E-state index in [4.69, 9.17) is 0 Å². The van der Waals surface area contributed by atoms with Crippen molar-refractivity contribution in [1.29, 1.82) is 0 Å². The Bertz CT molecular complexity index is 618. The Morgan fingerprint density at radius 2 is 1.90 bits per heavy atom. The number of benzene rings is 1. The van der Waals surface area contributed by atoms with Gasteiger partial charge in [0.1, 0.15) is 6.04 Å². The first-order valence-corrected chi connectivity index (χ1v) is 9.43. The molecule has 0 heterocycles. The molecule has 1 aromatic carbocycles. The predicted molar refractivity (Wildman–Crippen MR) is 89.5 cm³/mol. The van der Waals surface area contributed by atoms with Crippen LogP contribution < -0.4 is 10.0 Å². The number of sulfonamides is 1. The number of carbonyl (C=O) groups excluding carboxylic acids is 1. The Morgan fingerprint density at radius 3 is 2.38 bits per heavy atom. The van der Waals surface area contributed by atoms with Gasteiger partial charge in [-0.1, -0.05) is 29.8 Å². The molecule has 0 bridgehead atoms. The molecule has 0 fully saturated rings. The van der Waals surface area contributed by atoms with E-state index in [1.165, 1.54) is 13.1 Å². The first kappa shape index (κ1) is 18.6. The minimum absolute atomic E-state index is 0.100. The fourth-order valence-electron chi connectivity index (χ4n) is 1.80. The fraction of sp³-hybridized carbons (Fsp3) is 0.462. The topological polar surface area (TPSA) is 75.3 Å². The zero-order valence-corrected chi connectivity index (χ0v) is 16.0. The lowest BCUT2D eigenvalue weighted by Gasteiger charge is -2.19. The number of hydrogen-bond donors (Lipinski definition) is 2. The van der Waals surface area contributed by atoms with Crippen molar-refractivity contribution in [2.45, 2.75) is 31.2 Å². The van der Waals surface area contributed by atoms with Crippen LogP contribution in [0, 0.1) is 5.92 Å². The molecule has 1 aromatic rings. The summed E-state index contributed by atoms with van der Waals surface area (Å²) in [5, 5.41) is 2.48. The molecular formula is C13H18Br2N2O3S. The maximum absolute atomic E-state index is 12.4. The van der Waals surface area contributed by atoms with Crippen LogP contribution in [0.3, 0.4) is 0 Å². The standard InChI is InChI=1S/C13H18Br2N2O3S/c1-8(2)6-11(13(18)16-3)17-21(19,20)12-5-4-9(14)7-10(12)15/h4-5,7-8,11,17H,6H2,1-3H3,(H,16,18). The molecule has 1 unspecified atom stereocenters. The van der Waals surface area contributed by atoms with Gasteiger partial charge >= 0.3 is 0 Å². The molecule has 2 N–H and O–H groups in total. The quantitative estimate of drug-likeness (QED) is 0.712. The second kappa shape index (κ2) is 7.71. The van der Waals surface area contributed by atoms with Crippen molar-refractivity contribution in [3.05, 3.63) is 27.1 Å². The molecule has 0 aliphatic carbocycles. The van der Waals surface area contributed by atoms with Gasteiger partial charge in [0.2, 0.25) is 15.9 Å². The monoisotopic (exact) mass is 440 g/mol. The average Bonchev–Trinajstić information content (AvgIpc) is 2.35. The normalized spacial score (nSPS) is 13.2. The molecule has 0 aromatic heterocycles. The average molecular weight is 442 g/mol. The molecule has 5 nitrogen and oxygen atoms in total. The van der Waals surface area contributed by atoms with Gasteiger partial charge in [0, 0.05) is 16.0 Å². The number of halogens is 2. The zero-order chi connectivity index (χ0) is 16.2. The van der Waals surface area contributed by atoms with E-state index in [-0.39, 0.29) is 16.7 Å². The first-order valence-electron chi connectivity index (χ1n) is 6.36. The van der Waals surface area contributed by atoms with E-state index in [1.54, 1.807) is 12.1 Å². The van der Waals surface area contributed by atoms with Gasteiger partial charge in [0.15, 0.2) is 0 Å². The summed E-state index contributed by atoms with van der Waals surface area (Å²) in [7, 11) is -2.30. The largest absolute Gasteiger partial charge is 0.358 e. The van der Waals surface area contributed by atoms with Gasteiger partial charge in [0.25, 0.3) is 0 Å². The van der Waals surface area contributed by atoms with Crippen molar-refractivity contribution in [1.82, 2.24) is 10.0 Å². The van der Waals surface area contributed by atoms with Crippen molar-refractivity contribution in [2.75, 3.05) is 7.05 Å². The predicted octanol–water partition coefficient (Wildman–Crippen LogP) is 2.65. The molecular weight excluding hydrogens is 424 g/mol. The highest BCUT2D eigenvalue weighted by Gasteiger charge is 2.27. The van der Waals surface area contributed by atoms with E-state index in [9.17, 15) is 13.2 Å². The van der Waals surface area contributed by atoms with Crippen molar-refractivity contribution in [3.63, 3.8) is 0 Å². The lowest BCUT2D eigenvalue weighted by Crippen LogP contribution is -2.46. The molecule has 0 spiro atoms. The minimum atomic E-state index is -3.79. The molecule has 118 valence electrons. The highest BCUT2D eigenvalue weighted by atomic mass is 79.9. The molecule has 21 heavy (non-hydrogen) atoms. The van der Waals surface area contributed by atoms with Gasteiger partial charge in [-0.3, -0.25) is 4.79 Å². The summed E-state index contributed by atoms with van der Waals surface area (Å²) < 4.78 is 28.5. The van der Waals surface area contributed by atoms with Gasteiger partial charge in [0.05, 0.1) is 4.90 Å². The van der Waals surface area contributed by atoms with Gasteiger partial charge < -0.3 is 5.32 Å². The van der Waals surface area contributed by atoms with Crippen LogP contribution in [0.25, 0.3) is 0 Å². The number of amides is 1. The highest BCUT2D eigenvalue weighted by molar-refractivity contribution is 9.11. The maximum Gasteiger partial charge on any atom is 0.242 e. The number of rotatable bonds is 6. The summed E-state index contributed by atoms with van der Waals surface area (Å²) in [5.74, 6) is -0.163. The van der Waals surface area contributed by atoms with Crippen molar-refractivity contribution < 1.29 is 13.2 Å². The summed E-state index contributed by atoms with van der Waals surface area (Å²) >= 11 is 6.50. The van der Waals surface area contributed by atoms with E-state index in [2.05, 4.69) is 41.9 Å². The Morgan fingerprint density at radius 1 is 1.29 bits per heavy atom.